The van der Waals surface area contributed by atoms with Crippen LogP contribution in [0, 0.1) is 11.6 Å². The summed E-state index contributed by atoms with van der Waals surface area (Å²) in [5.74, 6) is -2.02. The number of ether oxygens (including phenoxy) is 1. The second kappa shape index (κ2) is 9.84. The second-order valence-corrected chi connectivity index (χ2v) is 8.87. The minimum Gasteiger partial charge on any atom is -0.453 e. The van der Waals surface area contributed by atoms with Crippen molar-refractivity contribution in [2.45, 2.75) is 31.3 Å². The number of sulfonamides is 1. The Morgan fingerprint density at radius 1 is 1.09 bits per heavy atom. The molecule has 0 radical (unpaired) electrons. The Bertz CT molecular complexity index is 1220. The number of nitrogens with zero attached hydrogens (tertiary/aromatic N) is 1. The van der Waals surface area contributed by atoms with Gasteiger partial charge in [-0.25, -0.2) is 21.9 Å². The van der Waals surface area contributed by atoms with Crippen molar-refractivity contribution in [2.75, 3.05) is 0 Å². The minimum absolute atomic E-state index is 0.0188. The van der Waals surface area contributed by atoms with Crippen LogP contribution in [0.25, 0.3) is 0 Å². The molecule has 3 rings (SSSR count). The normalized spacial score (nSPS) is 11.4. The smallest absolute Gasteiger partial charge is 0.254 e. The van der Waals surface area contributed by atoms with Crippen molar-refractivity contribution in [3.05, 3.63) is 83.7 Å². The van der Waals surface area contributed by atoms with Crippen LogP contribution in [0.3, 0.4) is 0 Å². The predicted molar refractivity (Wildman–Crippen MR) is 114 cm³/mol. The molecule has 0 saturated carbocycles. The van der Waals surface area contributed by atoms with Crippen molar-refractivity contribution < 1.29 is 26.7 Å². The molecule has 0 fully saturated rings. The molecule has 0 unspecified atom stereocenters. The quantitative estimate of drug-likeness (QED) is 0.532. The number of hydrogen-bond acceptors (Lipinski definition) is 5. The zero-order chi connectivity index (χ0) is 23.3. The highest BCUT2D eigenvalue weighted by Crippen LogP contribution is 2.24. The molecule has 7 nitrogen and oxygen atoms in total. The monoisotopic (exact) mass is 461 g/mol. The van der Waals surface area contributed by atoms with E-state index < -0.39 is 33.1 Å². The number of aromatic nitrogens is 1. The first-order valence-electron chi connectivity index (χ1n) is 9.62. The van der Waals surface area contributed by atoms with Gasteiger partial charge in [-0.2, -0.15) is 0 Å². The number of carbonyl (C=O) groups is 1. The third-order valence-corrected chi connectivity index (χ3v) is 5.85. The van der Waals surface area contributed by atoms with Crippen LogP contribution in [0.15, 0.2) is 65.8 Å². The number of hydrogen-bond donors (Lipinski definition) is 2. The van der Waals surface area contributed by atoms with E-state index in [0.717, 1.165) is 18.2 Å². The van der Waals surface area contributed by atoms with Gasteiger partial charge >= 0.3 is 0 Å². The summed E-state index contributed by atoms with van der Waals surface area (Å²) in [5, 5.41) is 2.46. The molecule has 32 heavy (non-hydrogen) atoms. The van der Waals surface area contributed by atoms with Gasteiger partial charge in [0.25, 0.3) is 5.91 Å². The summed E-state index contributed by atoms with van der Waals surface area (Å²) in [6.07, 6.45) is 3.00. The van der Waals surface area contributed by atoms with E-state index in [4.69, 9.17) is 4.74 Å². The van der Waals surface area contributed by atoms with Crippen molar-refractivity contribution in [1.29, 1.82) is 0 Å². The first kappa shape index (κ1) is 23.3. The topological polar surface area (TPSA) is 97.4 Å². The maximum atomic E-state index is 14.3. The van der Waals surface area contributed by atoms with Crippen molar-refractivity contribution >= 4 is 15.9 Å². The number of nitrogens with one attached hydrogen (secondary N) is 2. The van der Waals surface area contributed by atoms with Gasteiger partial charge in [0.05, 0.1) is 16.7 Å². The molecule has 2 aromatic carbocycles. The third-order valence-electron chi connectivity index (χ3n) is 4.20. The molecule has 0 spiro atoms. The van der Waals surface area contributed by atoms with E-state index in [-0.39, 0.29) is 23.2 Å². The van der Waals surface area contributed by atoms with E-state index in [0.29, 0.717) is 11.3 Å². The summed E-state index contributed by atoms with van der Waals surface area (Å²) >= 11 is 0. The zero-order valence-corrected chi connectivity index (χ0v) is 18.1. The van der Waals surface area contributed by atoms with Crippen LogP contribution in [0.4, 0.5) is 8.78 Å². The van der Waals surface area contributed by atoms with Gasteiger partial charge in [-0.1, -0.05) is 6.07 Å². The molecule has 10 heteroatoms. The van der Waals surface area contributed by atoms with Crippen LogP contribution in [0.1, 0.15) is 29.8 Å². The Hall–Kier alpha value is -3.37. The highest BCUT2D eigenvalue weighted by molar-refractivity contribution is 7.89. The molecule has 3 aromatic rings. The fraction of sp³-hybridized carbons (Fsp3) is 0.182. The first-order chi connectivity index (χ1) is 15.2. The van der Waals surface area contributed by atoms with Crippen LogP contribution >= 0.6 is 0 Å². The van der Waals surface area contributed by atoms with Gasteiger partial charge in [-0.3, -0.25) is 9.78 Å². The van der Waals surface area contributed by atoms with E-state index in [1.54, 1.807) is 38.2 Å². The molecule has 0 aliphatic rings. The van der Waals surface area contributed by atoms with Gasteiger partial charge < -0.3 is 10.1 Å². The Morgan fingerprint density at radius 3 is 2.53 bits per heavy atom. The van der Waals surface area contributed by atoms with E-state index >= 15 is 0 Å². The lowest BCUT2D eigenvalue weighted by molar-refractivity contribution is 0.0946. The molecule has 1 aromatic heterocycles. The lowest BCUT2D eigenvalue weighted by atomic mass is 10.1. The van der Waals surface area contributed by atoms with Crippen LogP contribution in [-0.4, -0.2) is 25.4 Å². The summed E-state index contributed by atoms with van der Waals surface area (Å²) in [6, 6.07) is 9.96. The fourth-order valence-electron chi connectivity index (χ4n) is 2.77. The molecule has 0 aliphatic heterocycles. The van der Waals surface area contributed by atoms with Crippen molar-refractivity contribution in [3.8, 4) is 11.5 Å². The van der Waals surface area contributed by atoms with Gasteiger partial charge in [0.2, 0.25) is 10.0 Å². The highest BCUT2D eigenvalue weighted by atomic mass is 32.2. The second-order valence-electron chi connectivity index (χ2n) is 7.16. The van der Waals surface area contributed by atoms with Crippen molar-refractivity contribution in [2.24, 2.45) is 0 Å². The van der Waals surface area contributed by atoms with Crippen LogP contribution in [0.5, 0.6) is 11.5 Å². The SMILES string of the molecule is CC(C)NS(=O)(=O)c1ccc(F)c(C(=O)NCc2ccc(Oc3cccnc3)c(F)c2)c1. The zero-order valence-electron chi connectivity index (χ0n) is 17.3. The van der Waals surface area contributed by atoms with Gasteiger partial charge in [0.15, 0.2) is 11.6 Å². The van der Waals surface area contributed by atoms with Crippen molar-refractivity contribution in [3.63, 3.8) is 0 Å². The molecular formula is C22H21F2N3O4S. The largest absolute Gasteiger partial charge is 0.453 e. The molecule has 0 bridgehead atoms. The average Bonchev–Trinajstić information content (AvgIpc) is 2.74. The molecule has 1 heterocycles. The average molecular weight is 461 g/mol. The number of carbonyl (C=O) groups excluding carboxylic acids is 1. The van der Waals surface area contributed by atoms with Gasteiger partial charge in [-0.15, -0.1) is 0 Å². The number of pyridine rings is 1. The maximum Gasteiger partial charge on any atom is 0.254 e. The van der Waals surface area contributed by atoms with Gasteiger partial charge in [0, 0.05) is 18.8 Å². The molecule has 0 saturated heterocycles. The van der Waals surface area contributed by atoms with Crippen LogP contribution in [0.2, 0.25) is 0 Å². The number of amides is 1. The lowest BCUT2D eigenvalue weighted by Crippen LogP contribution is -2.31. The third kappa shape index (κ3) is 5.86. The Morgan fingerprint density at radius 2 is 1.88 bits per heavy atom. The highest BCUT2D eigenvalue weighted by Gasteiger charge is 2.20. The molecular weight excluding hydrogens is 440 g/mol. The Balaban J connectivity index is 1.70. The Kier molecular flexibility index (Phi) is 7.16. The molecule has 0 aliphatic carbocycles. The summed E-state index contributed by atoms with van der Waals surface area (Å²) in [6.45, 7) is 3.17. The van der Waals surface area contributed by atoms with E-state index in [2.05, 4.69) is 15.0 Å². The molecule has 1 amide bonds. The predicted octanol–water partition coefficient (Wildman–Crippen LogP) is 3.77. The Labute approximate surface area is 184 Å². The number of halogens is 2. The summed E-state index contributed by atoms with van der Waals surface area (Å²) in [5.41, 5.74) is -0.0336. The standard InChI is InChI=1S/C22H21F2N3O4S/c1-14(2)27-32(29,30)17-6-7-19(23)18(11-17)22(28)26-12-15-5-8-21(20(24)10-15)31-16-4-3-9-25-13-16/h3-11,13-14,27H,12H2,1-2H3,(H,26,28). The maximum absolute atomic E-state index is 14.3. The van der Waals surface area contributed by atoms with Crippen LogP contribution < -0.4 is 14.8 Å². The fourth-order valence-corrected chi connectivity index (χ4v) is 4.05. The van der Waals surface area contributed by atoms with E-state index in [9.17, 15) is 22.0 Å². The first-order valence-corrected chi connectivity index (χ1v) is 11.1. The molecule has 2 N–H and O–H groups in total. The molecule has 0 atom stereocenters. The van der Waals surface area contributed by atoms with Gasteiger partial charge in [0.1, 0.15) is 11.6 Å². The summed E-state index contributed by atoms with van der Waals surface area (Å²) in [7, 11) is -3.90. The van der Waals surface area contributed by atoms with E-state index in [1.807, 2.05) is 0 Å². The molecule has 168 valence electrons. The summed E-state index contributed by atoms with van der Waals surface area (Å²) < 4.78 is 60.9. The minimum atomic E-state index is -3.90. The summed E-state index contributed by atoms with van der Waals surface area (Å²) in [4.78, 5) is 16.1. The van der Waals surface area contributed by atoms with Crippen molar-refractivity contribution in [1.82, 2.24) is 15.0 Å². The van der Waals surface area contributed by atoms with Gasteiger partial charge in [-0.05, 0) is 61.9 Å². The van der Waals surface area contributed by atoms with Crippen LogP contribution in [-0.2, 0) is 16.6 Å². The number of benzene rings is 2. The number of rotatable bonds is 8. The lowest BCUT2D eigenvalue weighted by Gasteiger charge is -2.12. The van der Waals surface area contributed by atoms with E-state index in [1.165, 1.54) is 18.3 Å².